The number of hydrogen-bond acceptors (Lipinski definition) is 4. The lowest BCUT2D eigenvalue weighted by atomic mass is 9.93. The summed E-state index contributed by atoms with van der Waals surface area (Å²) in [5.41, 5.74) is 0.610. The molecule has 180 valence electrons. The summed E-state index contributed by atoms with van der Waals surface area (Å²) in [5, 5.41) is 3.86. The van der Waals surface area contributed by atoms with Crippen LogP contribution in [-0.2, 0) is 23.8 Å². The van der Waals surface area contributed by atoms with Crippen LogP contribution in [0.1, 0.15) is 55.5 Å². The van der Waals surface area contributed by atoms with Gasteiger partial charge >= 0.3 is 6.18 Å². The van der Waals surface area contributed by atoms with E-state index in [9.17, 15) is 18.0 Å². The maximum atomic E-state index is 13.1. The van der Waals surface area contributed by atoms with Crippen LogP contribution >= 0.6 is 0 Å². The fourth-order valence-electron chi connectivity index (χ4n) is 4.47. The molecule has 3 aromatic rings. The lowest BCUT2D eigenvalue weighted by Gasteiger charge is -2.34. The molecule has 2 aromatic carbocycles. The fourth-order valence-corrected chi connectivity index (χ4v) is 4.47. The average Bonchev–Trinajstić information content (AvgIpc) is 3.33. The summed E-state index contributed by atoms with van der Waals surface area (Å²) in [6.45, 7) is 0.447. The summed E-state index contributed by atoms with van der Waals surface area (Å²) >= 11 is 0. The third kappa shape index (κ3) is 6.24. The number of benzene rings is 2. The highest BCUT2D eigenvalue weighted by Gasteiger charge is 2.31. The molecule has 34 heavy (non-hydrogen) atoms. The van der Waals surface area contributed by atoms with Crippen LogP contribution in [0.4, 0.5) is 13.2 Å². The molecule has 1 aromatic heterocycles. The number of rotatable bonds is 8. The predicted molar refractivity (Wildman–Crippen MR) is 122 cm³/mol. The molecule has 0 atom stereocenters. The van der Waals surface area contributed by atoms with E-state index in [1.54, 1.807) is 0 Å². The Hall–Kier alpha value is -3.16. The second-order valence-corrected chi connectivity index (χ2v) is 8.70. The fraction of sp³-hybridized carbons (Fsp3) is 0.423. The van der Waals surface area contributed by atoms with Crippen molar-refractivity contribution in [1.29, 1.82) is 0 Å². The van der Waals surface area contributed by atoms with Crippen LogP contribution in [-0.4, -0.2) is 33.5 Å². The van der Waals surface area contributed by atoms with Crippen LogP contribution in [0.3, 0.4) is 0 Å². The van der Waals surface area contributed by atoms with Crippen molar-refractivity contribution in [3.8, 4) is 11.4 Å². The van der Waals surface area contributed by atoms with Crippen molar-refractivity contribution < 1.29 is 22.5 Å². The van der Waals surface area contributed by atoms with Gasteiger partial charge in [-0.05, 0) is 37.0 Å². The lowest BCUT2D eigenvalue weighted by molar-refractivity contribution is -0.137. The van der Waals surface area contributed by atoms with Gasteiger partial charge in [-0.1, -0.05) is 66.9 Å². The summed E-state index contributed by atoms with van der Waals surface area (Å²) in [4.78, 5) is 19.4. The number of carbonyl (C=O) groups is 1. The van der Waals surface area contributed by atoms with Crippen molar-refractivity contribution in [3.05, 3.63) is 71.6 Å². The van der Waals surface area contributed by atoms with Gasteiger partial charge < -0.3 is 9.42 Å². The Morgan fingerprint density at radius 2 is 1.76 bits per heavy atom. The van der Waals surface area contributed by atoms with E-state index in [0.29, 0.717) is 31.7 Å². The van der Waals surface area contributed by atoms with Crippen LogP contribution < -0.4 is 0 Å². The summed E-state index contributed by atoms with van der Waals surface area (Å²) in [6.07, 6.45) is 2.39. The Kier molecular flexibility index (Phi) is 7.65. The minimum absolute atomic E-state index is 0.105. The first-order chi connectivity index (χ1) is 16.4. The van der Waals surface area contributed by atoms with Crippen molar-refractivity contribution in [1.82, 2.24) is 15.0 Å². The van der Waals surface area contributed by atoms with Gasteiger partial charge in [0.05, 0.1) is 5.56 Å². The van der Waals surface area contributed by atoms with Crippen molar-refractivity contribution in [2.75, 3.05) is 6.54 Å². The predicted octanol–water partition coefficient (Wildman–Crippen LogP) is 6.09. The number of carbonyl (C=O) groups excluding carboxylic acids is 1. The molecule has 0 aliphatic heterocycles. The monoisotopic (exact) mass is 471 g/mol. The topological polar surface area (TPSA) is 59.2 Å². The minimum Gasteiger partial charge on any atom is -0.339 e. The van der Waals surface area contributed by atoms with Gasteiger partial charge in [-0.3, -0.25) is 4.79 Å². The zero-order valence-corrected chi connectivity index (χ0v) is 18.9. The highest BCUT2D eigenvalue weighted by Crippen LogP contribution is 2.31. The third-order valence-corrected chi connectivity index (χ3v) is 6.29. The molecule has 1 amide bonds. The largest absolute Gasteiger partial charge is 0.416 e. The Morgan fingerprint density at radius 1 is 1.00 bits per heavy atom. The Bertz CT molecular complexity index is 1080. The molecule has 1 aliphatic rings. The number of alkyl halides is 3. The van der Waals surface area contributed by atoms with Crippen LogP contribution in [0.5, 0.6) is 0 Å². The van der Waals surface area contributed by atoms with E-state index in [0.717, 1.165) is 43.4 Å². The first-order valence-electron chi connectivity index (χ1n) is 11.7. The molecule has 0 spiro atoms. The molecular weight excluding hydrogens is 443 g/mol. The van der Waals surface area contributed by atoms with Gasteiger partial charge in [0.25, 0.3) is 0 Å². The van der Waals surface area contributed by atoms with Gasteiger partial charge in [0.1, 0.15) is 0 Å². The first-order valence-corrected chi connectivity index (χ1v) is 11.7. The maximum Gasteiger partial charge on any atom is 0.416 e. The van der Waals surface area contributed by atoms with Crippen LogP contribution in [0, 0.1) is 0 Å². The van der Waals surface area contributed by atoms with Crippen LogP contribution in [0.15, 0.2) is 59.1 Å². The normalized spacial score (nSPS) is 14.8. The van der Waals surface area contributed by atoms with E-state index in [4.69, 9.17) is 4.52 Å². The Labute approximate surface area is 197 Å². The van der Waals surface area contributed by atoms with Crippen molar-refractivity contribution in [3.63, 3.8) is 0 Å². The summed E-state index contributed by atoms with van der Waals surface area (Å²) in [6, 6.07) is 15.0. The number of aryl methyl sites for hydroxylation is 1. The molecule has 0 N–H and O–H groups in total. The Morgan fingerprint density at radius 3 is 2.50 bits per heavy atom. The molecule has 5 nitrogen and oxygen atoms in total. The molecule has 1 aliphatic carbocycles. The molecule has 0 bridgehead atoms. The SMILES string of the molecule is O=C(CCc1ccccc1)N(CCc1nc(-c2cccc(C(F)(F)F)c2)no1)C1CCCCC1. The highest BCUT2D eigenvalue weighted by molar-refractivity contribution is 5.76. The van der Waals surface area contributed by atoms with Gasteiger partial charge in [-0.25, -0.2) is 0 Å². The highest BCUT2D eigenvalue weighted by atomic mass is 19.4. The molecule has 0 saturated heterocycles. The molecule has 1 saturated carbocycles. The summed E-state index contributed by atoms with van der Waals surface area (Å²) in [7, 11) is 0. The van der Waals surface area contributed by atoms with Gasteiger partial charge in [0.2, 0.25) is 17.6 Å². The second-order valence-electron chi connectivity index (χ2n) is 8.70. The molecule has 4 rings (SSSR count). The van der Waals surface area contributed by atoms with Gasteiger partial charge in [-0.2, -0.15) is 18.2 Å². The lowest BCUT2D eigenvalue weighted by Crippen LogP contribution is -2.42. The smallest absolute Gasteiger partial charge is 0.339 e. The molecule has 1 heterocycles. The minimum atomic E-state index is -4.44. The van der Waals surface area contributed by atoms with Crippen LogP contribution in [0.25, 0.3) is 11.4 Å². The van der Waals surface area contributed by atoms with Gasteiger partial charge in [-0.15, -0.1) is 0 Å². The number of amides is 1. The first kappa shape index (κ1) is 24.0. The zero-order valence-electron chi connectivity index (χ0n) is 18.9. The van der Waals surface area contributed by atoms with Crippen molar-refractivity contribution in [2.45, 2.75) is 63.6 Å². The van der Waals surface area contributed by atoms with E-state index in [2.05, 4.69) is 10.1 Å². The summed E-state index contributed by atoms with van der Waals surface area (Å²) < 4.78 is 44.4. The van der Waals surface area contributed by atoms with E-state index in [1.807, 2.05) is 35.2 Å². The van der Waals surface area contributed by atoms with E-state index in [1.165, 1.54) is 18.6 Å². The quantitative estimate of drug-likeness (QED) is 0.399. The van der Waals surface area contributed by atoms with Crippen LogP contribution in [0.2, 0.25) is 0 Å². The van der Waals surface area contributed by atoms with E-state index >= 15 is 0 Å². The maximum absolute atomic E-state index is 13.1. The second kappa shape index (κ2) is 10.8. The average molecular weight is 472 g/mol. The third-order valence-electron chi connectivity index (χ3n) is 6.29. The number of hydrogen-bond donors (Lipinski definition) is 0. The molecular formula is C26H28F3N3O2. The number of aromatic nitrogens is 2. The van der Waals surface area contributed by atoms with Gasteiger partial charge in [0.15, 0.2) is 0 Å². The summed E-state index contributed by atoms with van der Waals surface area (Å²) in [5.74, 6) is 0.526. The molecule has 0 radical (unpaired) electrons. The van der Waals surface area contributed by atoms with Crippen molar-refractivity contribution in [2.24, 2.45) is 0 Å². The number of nitrogens with zero attached hydrogens (tertiary/aromatic N) is 3. The standard InChI is InChI=1S/C26H28F3N3O2/c27-26(28,29)21-11-7-10-20(18-21)25-30-23(34-31-25)16-17-32(22-12-5-2-6-13-22)24(33)15-14-19-8-3-1-4-9-19/h1,3-4,7-11,18,22H,2,5-6,12-17H2. The van der Waals surface area contributed by atoms with E-state index in [-0.39, 0.29) is 23.3 Å². The molecule has 1 fully saturated rings. The molecule has 0 unspecified atom stereocenters. The van der Waals surface area contributed by atoms with Gasteiger partial charge in [0, 0.05) is 31.0 Å². The van der Waals surface area contributed by atoms with Crippen molar-refractivity contribution >= 4 is 5.91 Å². The molecule has 8 heteroatoms. The Balaban J connectivity index is 1.42. The number of halogens is 3. The zero-order chi connectivity index (χ0) is 24.0. The van der Waals surface area contributed by atoms with E-state index < -0.39 is 11.7 Å².